The van der Waals surface area contributed by atoms with Gasteiger partial charge in [0.15, 0.2) is 0 Å². The first-order valence-electron chi connectivity index (χ1n) is 7.40. The van der Waals surface area contributed by atoms with Crippen molar-refractivity contribution in [2.45, 2.75) is 34.1 Å². The Balaban J connectivity index is 1.95. The molecular weight excluding hydrogens is 270 g/mol. The van der Waals surface area contributed by atoms with Crippen LogP contribution in [-0.4, -0.2) is 52.9 Å². The summed E-state index contributed by atoms with van der Waals surface area (Å²) in [5.74, 6) is 1.03. The van der Waals surface area contributed by atoms with Gasteiger partial charge in [-0.25, -0.2) is 0 Å². The molecule has 2 amide bonds. The van der Waals surface area contributed by atoms with Crippen LogP contribution in [0.2, 0.25) is 0 Å². The summed E-state index contributed by atoms with van der Waals surface area (Å²) in [6.07, 6.45) is 0.567. The molecule has 21 heavy (non-hydrogen) atoms. The van der Waals surface area contributed by atoms with E-state index < -0.39 is 0 Å². The summed E-state index contributed by atoms with van der Waals surface area (Å²) >= 11 is 0. The van der Waals surface area contributed by atoms with E-state index >= 15 is 0 Å². The van der Waals surface area contributed by atoms with Crippen molar-refractivity contribution in [3.8, 4) is 0 Å². The number of hydrogen-bond donors (Lipinski definition) is 0. The molecule has 0 atom stereocenters. The molecule has 0 aromatic carbocycles. The van der Waals surface area contributed by atoms with Crippen LogP contribution in [0.15, 0.2) is 4.52 Å². The number of hydrogen-bond acceptors (Lipinski definition) is 4. The van der Waals surface area contributed by atoms with Crippen molar-refractivity contribution >= 4 is 11.8 Å². The molecule has 1 saturated heterocycles. The molecule has 1 aromatic rings. The molecule has 0 N–H and O–H groups in total. The zero-order valence-corrected chi connectivity index (χ0v) is 13.2. The molecule has 2 rings (SSSR count). The van der Waals surface area contributed by atoms with Crippen LogP contribution in [0.5, 0.6) is 0 Å². The minimum absolute atomic E-state index is 0.0535. The lowest BCUT2D eigenvalue weighted by molar-refractivity contribution is -0.133. The molecule has 0 unspecified atom stereocenters. The number of carbonyl (C=O) groups excluding carboxylic acids is 2. The smallest absolute Gasteiger partial charge is 0.259 e. The minimum Gasteiger partial charge on any atom is -0.361 e. The molecule has 1 fully saturated rings. The molecule has 6 nitrogen and oxygen atoms in total. The predicted molar refractivity (Wildman–Crippen MR) is 77.9 cm³/mol. The molecule has 0 spiro atoms. The highest BCUT2D eigenvalue weighted by atomic mass is 16.5. The first-order valence-corrected chi connectivity index (χ1v) is 7.40. The van der Waals surface area contributed by atoms with Gasteiger partial charge in [-0.2, -0.15) is 0 Å². The van der Waals surface area contributed by atoms with Crippen LogP contribution in [-0.2, 0) is 4.79 Å². The average Bonchev–Trinajstić information content (AvgIpc) is 2.77. The van der Waals surface area contributed by atoms with Crippen molar-refractivity contribution in [1.82, 2.24) is 15.0 Å². The van der Waals surface area contributed by atoms with E-state index in [0.717, 1.165) is 0 Å². The highest BCUT2D eigenvalue weighted by Crippen LogP contribution is 2.17. The second-order valence-electron chi connectivity index (χ2n) is 5.97. The van der Waals surface area contributed by atoms with E-state index in [1.165, 1.54) is 0 Å². The van der Waals surface area contributed by atoms with Gasteiger partial charge in [0.05, 0.1) is 5.69 Å². The molecule has 0 bridgehead atoms. The largest absolute Gasteiger partial charge is 0.361 e. The Labute approximate surface area is 125 Å². The average molecular weight is 293 g/mol. The van der Waals surface area contributed by atoms with Crippen molar-refractivity contribution in [2.75, 3.05) is 26.2 Å². The number of amides is 2. The zero-order chi connectivity index (χ0) is 15.6. The Morgan fingerprint density at radius 2 is 1.71 bits per heavy atom. The predicted octanol–water partition coefficient (Wildman–Crippen LogP) is 1.62. The number of piperazine rings is 1. The molecule has 1 aliphatic heterocycles. The lowest BCUT2D eigenvalue weighted by Gasteiger charge is -2.35. The van der Waals surface area contributed by atoms with Crippen LogP contribution in [0.25, 0.3) is 0 Å². The summed E-state index contributed by atoms with van der Waals surface area (Å²) in [6, 6.07) is 0. The Morgan fingerprint density at radius 1 is 1.14 bits per heavy atom. The van der Waals surface area contributed by atoms with Gasteiger partial charge in [0.25, 0.3) is 5.91 Å². The summed E-state index contributed by atoms with van der Waals surface area (Å²) < 4.78 is 5.05. The van der Waals surface area contributed by atoms with Gasteiger partial charge in [0.1, 0.15) is 11.3 Å². The van der Waals surface area contributed by atoms with Crippen LogP contribution < -0.4 is 0 Å². The first-order chi connectivity index (χ1) is 9.90. The van der Waals surface area contributed by atoms with Gasteiger partial charge in [0.2, 0.25) is 5.91 Å². The normalized spacial score (nSPS) is 15.7. The van der Waals surface area contributed by atoms with E-state index in [1.807, 2.05) is 18.7 Å². The Morgan fingerprint density at radius 3 is 2.19 bits per heavy atom. The summed E-state index contributed by atoms with van der Waals surface area (Å²) in [5, 5.41) is 3.82. The second kappa shape index (κ2) is 6.28. The second-order valence-corrected chi connectivity index (χ2v) is 5.97. The highest BCUT2D eigenvalue weighted by Gasteiger charge is 2.28. The Hall–Kier alpha value is -1.85. The molecule has 0 radical (unpaired) electrons. The topological polar surface area (TPSA) is 66.7 Å². The number of carbonyl (C=O) groups is 2. The standard InChI is InChI=1S/C15H23N3O3/c1-10(2)9-13(19)17-5-7-18(8-6-17)15(20)14-11(3)16-21-12(14)4/h10H,5-9H2,1-4H3. The van der Waals surface area contributed by atoms with Gasteiger partial charge in [-0.05, 0) is 19.8 Å². The van der Waals surface area contributed by atoms with E-state index in [1.54, 1.807) is 18.7 Å². The van der Waals surface area contributed by atoms with E-state index in [4.69, 9.17) is 4.52 Å². The quantitative estimate of drug-likeness (QED) is 0.849. The minimum atomic E-state index is -0.0535. The number of nitrogens with zero attached hydrogens (tertiary/aromatic N) is 3. The highest BCUT2D eigenvalue weighted by molar-refractivity contribution is 5.96. The van der Waals surface area contributed by atoms with Gasteiger partial charge < -0.3 is 14.3 Å². The summed E-state index contributed by atoms with van der Waals surface area (Å²) in [6.45, 7) is 9.91. The molecule has 0 aliphatic carbocycles. The van der Waals surface area contributed by atoms with Gasteiger partial charge in [-0.3, -0.25) is 9.59 Å². The third kappa shape index (κ3) is 3.43. The lowest BCUT2D eigenvalue weighted by atomic mass is 10.1. The van der Waals surface area contributed by atoms with Crippen LogP contribution >= 0.6 is 0 Å². The summed E-state index contributed by atoms with van der Waals surface area (Å²) in [7, 11) is 0. The van der Waals surface area contributed by atoms with Crippen molar-refractivity contribution in [3.05, 3.63) is 17.0 Å². The molecular formula is C15H23N3O3. The Bertz CT molecular complexity index is 509. The Kier molecular flexibility index (Phi) is 4.65. The SMILES string of the molecule is Cc1noc(C)c1C(=O)N1CCN(C(=O)CC(C)C)CC1. The van der Waals surface area contributed by atoms with Crippen LogP contribution in [0.3, 0.4) is 0 Å². The first kappa shape index (κ1) is 15.5. The molecule has 6 heteroatoms. The maximum Gasteiger partial charge on any atom is 0.259 e. The third-order valence-corrected chi connectivity index (χ3v) is 3.75. The van der Waals surface area contributed by atoms with Gasteiger partial charge in [-0.1, -0.05) is 19.0 Å². The maximum atomic E-state index is 12.5. The van der Waals surface area contributed by atoms with Crippen LogP contribution in [0, 0.1) is 19.8 Å². The van der Waals surface area contributed by atoms with Gasteiger partial charge in [-0.15, -0.1) is 0 Å². The van der Waals surface area contributed by atoms with Crippen LogP contribution in [0.1, 0.15) is 42.1 Å². The van der Waals surface area contributed by atoms with E-state index in [2.05, 4.69) is 5.16 Å². The maximum absolute atomic E-state index is 12.5. The van der Waals surface area contributed by atoms with Crippen molar-refractivity contribution < 1.29 is 14.1 Å². The van der Waals surface area contributed by atoms with Crippen molar-refractivity contribution in [1.29, 1.82) is 0 Å². The van der Waals surface area contributed by atoms with E-state index in [0.29, 0.717) is 55.5 Å². The number of aryl methyl sites for hydroxylation is 2. The van der Waals surface area contributed by atoms with E-state index in [9.17, 15) is 9.59 Å². The monoisotopic (exact) mass is 293 g/mol. The molecule has 0 saturated carbocycles. The summed E-state index contributed by atoms with van der Waals surface area (Å²) in [4.78, 5) is 28.1. The fourth-order valence-corrected chi connectivity index (χ4v) is 2.58. The third-order valence-electron chi connectivity index (χ3n) is 3.75. The van der Waals surface area contributed by atoms with E-state index in [-0.39, 0.29) is 11.8 Å². The van der Waals surface area contributed by atoms with Gasteiger partial charge in [0, 0.05) is 32.6 Å². The van der Waals surface area contributed by atoms with Gasteiger partial charge >= 0.3 is 0 Å². The molecule has 1 aromatic heterocycles. The molecule has 116 valence electrons. The number of aromatic nitrogens is 1. The lowest BCUT2D eigenvalue weighted by Crippen LogP contribution is -2.50. The van der Waals surface area contributed by atoms with Crippen LogP contribution in [0.4, 0.5) is 0 Å². The molecule has 2 heterocycles. The fourth-order valence-electron chi connectivity index (χ4n) is 2.58. The zero-order valence-electron chi connectivity index (χ0n) is 13.2. The molecule has 1 aliphatic rings. The fraction of sp³-hybridized carbons (Fsp3) is 0.667. The number of rotatable bonds is 3. The summed E-state index contributed by atoms with van der Waals surface area (Å²) in [5.41, 5.74) is 1.17. The van der Waals surface area contributed by atoms with Crippen molar-refractivity contribution in [3.63, 3.8) is 0 Å². The van der Waals surface area contributed by atoms with Crippen molar-refractivity contribution in [2.24, 2.45) is 5.92 Å².